The minimum absolute atomic E-state index is 0.279. The Labute approximate surface area is 138 Å². The largest absolute Gasteiger partial charge is 0.454 e. The Morgan fingerprint density at radius 2 is 1.92 bits per heavy atom. The molecule has 1 saturated heterocycles. The van der Waals surface area contributed by atoms with Crippen molar-refractivity contribution in [2.45, 2.75) is 0 Å². The molecule has 0 spiro atoms. The van der Waals surface area contributed by atoms with Crippen LogP contribution in [-0.4, -0.2) is 58.9 Å². The summed E-state index contributed by atoms with van der Waals surface area (Å²) in [5.41, 5.74) is 1.66. The van der Waals surface area contributed by atoms with Gasteiger partial charge in [0.2, 0.25) is 6.79 Å². The Hall–Kier alpha value is -3.03. The lowest BCUT2D eigenvalue weighted by Crippen LogP contribution is -2.49. The van der Waals surface area contributed by atoms with E-state index < -0.39 is 0 Å². The Balaban J connectivity index is 1.45. The van der Waals surface area contributed by atoms with Gasteiger partial charge in [-0.2, -0.15) is 0 Å². The van der Waals surface area contributed by atoms with Gasteiger partial charge in [-0.15, -0.1) is 0 Å². The van der Waals surface area contributed by atoms with Crippen LogP contribution in [0.2, 0.25) is 0 Å². The summed E-state index contributed by atoms with van der Waals surface area (Å²) in [6, 6.07) is 5.97. The maximum Gasteiger partial charge on any atom is 0.231 e. The van der Waals surface area contributed by atoms with Crippen LogP contribution in [0, 0.1) is 0 Å². The number of benzene rings is 1. The van der Waals surface area contributed by atoms with Crippen molar-refractivity contribution in [3.8, 4) is 11.5 Å². The van der Waals surface area contributed by atoms with Gasteiger partial charge in [0.1, 0.15) is 5.69 Å². The van der Waals surface area contributed by atoms with E-state index in [1.165, 1.54) is 0 Å². The molecule has 2 aliphatic heterocycles. The fraction of sp³-hybridized carbons (Fsp3) is 0.312. The van der Waals surface area contributed by atoms with E-state index in [0.29, 0.717) is 11.5 Å². The zero-order valence-electron chi connectivity index (χ0n) is 13.0. The molecule has 0 amide bonds. The van der Waals surface area contributed by atoms with E-state index >= 15 is 0 Å². The molecule has 24 heavy (non-hydrogen) atoms. The first-order valence-corrected chi connectivity index (χ1v) is 7.73. The van der Waals surface area contributed by atoms with E-state index in [1.54, 1.807) is 18.6 Å². The summed E-state index contributed by atoms with van der Waals surface area (Å²) < 4.78 is 10.8. The lowest BCUT2D eigenvalue weighted by atomic mass is 10.2. The number of piperazine rings is 1. The third kappa shape index (κ3) is 2.66. The molecular formula is C16H17N5O3. The van der Waals surface area contributed by atoms with Gasteiger partial charge in [0, 0.05) is 50.3 Å². The molecule has 0 unspecified atom stereocenters. The summed E-state index contributed by atoms with van der Waals surface area (Å²) in [4.78, 5) is 12.5. The van der Waals surface area contributed by atoms with Crippen LogP contribution in [0.4, 0.5) is 5.69 Å². The fourth-order valence-corrected chi connectivity index (χ4v) is 2.95. The number of fused-ring (bicyclic) bond motifs is 1. The molecule has 0 radical (unpaired) electrons. The second kappa shape index (κ2) is 6.23. The van der Waals surface area contributed by atoms with Gasteiger partial charge in [0.05, 0.1) is 6.20 Å². The minimum Gasteiger partial charge on any atom is -0.454 e. The van der Waals surface area contributed by atoms with Gasteiger partial charge in [-0.05, 0) is 12.1 Å². The second-order valence-corrected chi connectivity index (χ2v) is 5.53. The SMILES string of the molecule is ON=C(c1cnccn1)N1CCN(c2ccc3c(c2)OCO3)CC1. The zero-order valence-corrected chi connectivity index (χ0v) is 13.0. The van der Waals surface area contributed by atoms with Gasteiger partial charge in [0.25, 0.3) is 0 Å². The van der Waals surface area contributed by atoms with Crippen LogP contribution >= 0.6 is 0 Å². The molecule has 0 atom stereocenters. The van der Waals surface area contributed by atoms with Gasteiger partial charge >= 0.3 is 0 Å². The first-order chi connectivity index (χ1) is 11.8. The monoisotopic (exact) mass is 327 g/mol. The highest BCUT2D eigenvalue weighted by molar-refractivity contribution is 5.96. The zero-order chi connectivity index (χ0) is 16.4. The summed E-state index contributed by atoms with van der Waals surface area (Å²) >= 11 is 0. The Morgan fingerprint density at radius 3 is 2.67 bits per heavy atom. The Kier molecular flexibility index (Phi) is 3.78. The standard InChI is InChI=1S/C16H17N5O3/c22-19-16(13-10-17-3-4-18-13)21-7-5-20(6-8-21)12-1-2-14-15(9-12)24-11-23-14/h1-4,9-10,22H,5-8,11H2. The van der Waals surface area contributed by atoms with Crippen LogP contribution < -0.4 is 14.4 Å². The molecule has 0 bridgehead atoms. The molecule has 124 valence electrons. The maximum atomic E-state index is 9.35. The highest BCUT2D eigenvalue weighted by Gasteiger charge is 2.23. The molecule has 0 aliphatic carbocycles. The van der Waals surface area contributed by atoms with Crippen molar-refractivity contribution < 1.29 is 14.7 Å². The van der Waals surface area contributed by atoms with Gasteiger partial charge in [0.15, 0.2) is 17.3 Å². The number of hydrogen-bond donors (Lipinski definition) is 1. The molecule has 2 aliphatic rings. The van der Waals surface area contributed by atoms with Crippen molar-refractivity contribution in [1.82, 2.24) is 14.9 Å². The predicted octanol–water partition coefficient (Wildman–Crippen LogP) is 1.16. The molecule has 3 heterocycles. The minimum atomic E-state index is 0.279. The lowest BCUT2D eigenvalue weighted by molar-refractivity contribution is 0.174. The van der Waals surface area contributed by atoms with E-state index in [1.807, 2.05) is 23.1 Å². The van der Waals surface area contributed by atoms with Crippen molar-refractivity contribution in [2.24, 2.45) is 5.16 Å². The average molecular weight is 327 g/mol. The second-order valence-electron chi connectivity index (χ2n) is 5.53. The summed E-state index contributed by atoms with van der Waals surface area (Å²) in [5.74, 6) is 2.02. The molecule has 1 fully saturated rings. The first kappa shape index (κ1) is 14.6. The predicted molar refractivity (Wildman–Crippen MR) is 86.7 cm³/mol. The number of ether oxygens (including phenoxy) is 2. The van der Waals surface area contributed by atoms with Crippen LogP contribution in [0.25, 0.3) is 0 Å². The van der Waals surface area contributed by atoms with Gasteiger partial charge in [-0.25, -0.2) is 4.98 Å². The van der Waals surface area contributed by atoms with Crippen molar-refractivity contribution in [1.29, 1.82) is 0 Å². The normalized spacial score (nSPS) is 17.2. The van der Waals surface area contributed by atoms with Crippen molar-refractivity contribution in [2.75, 3.05) is 37.9 Å². The highest BCUT2D eigenvalue weighted by Crippen LogP contribution is 2.35. The number of anilines is 1. The third-order valence-corrected chi connectivity index (χ3v) is 4.19. The smallest absolute Gasteiger partial charge is 0.231 e. The average Bonchev–Trinajstić information content (AvgIpc) is 3.12. The molecule has 8 nitrogen and oxygen atoms in total. The molecule has 1 aromatic carbocycles. The Morgan fingerprint density at radius 1 is 1.08 bits per heavy atom. The lowest BCUT2D eigenvalue weighted by Gasteiger charge is -2.37. The Bertz CT molecular complexity index is 745. The van der Waals surface area contributed by atoms with Crippen LogP contribution in [0.3, 0.4) is 0 Å². The fourth-order valence-electron chi connectivity index (χ4n) is 2.95. The number of nitrogens with zero attached hydrogens (tertiary/aromatic N) is 5. The van der Waals surface area contributed by atoms with E-state index in [0.717, 1.165) is 43.4 Å². The number of aromatic nitrogens is 2. The number of amidine groups is 1. The molecule has 1 N–H and O–H groups in total. The van der Waals surface area contributed by atoms with Crippen molar-refractivity contribution in [3.63, 3.8) is 0 Å². The maximum absolute atomic E-state index is 9.35. The van der Waals surface area contributed by atoms with Gasteiger partial charge < -0.3 is 24.5 Å². The molecule has 8 heteroatoms. The third-order valence-electron chi connectivity index (χ3n) is 4.19. The molecule has 4 rings (SSSR count). The van der Waals surface area contributed by atoms with E-state index in [2.05, 4.69) is 20.0 Å². The quantitative estimate of drug-likeness (QED) is 0.383. The molecular weight excluding hydrogens is 310 g/mol. The van der Waals surface area contributed by atoms with Gasteiger partial charge in [-0.3, -0.25) is 4.98 Å². The number of oxime groups is 1. The van der Waals surface area contributed by atoms with Crippen LogP contribution in [-0.2, 0) is 0 Å². The van der Waals surface area contributed by atoms with E-state index in [-0.39, 0.29) is 6.79 Å². The van der Waals surface area contributed by atoms with Crippen molar-refractivity contribution >= 4 is 11.5 Å². The van der Waals surface area contributed by atoms with Crippen LogP contribution in [0.5, 0.6) is 11.5 Å². The van der Waals surface area contributed by atoms with E-state index in [9.17, 15) is 5.21 Å². The number of rotatable bonds is 2. The van der Waals surface area contributed by atoms with Crippen LogP contribution in [0.15, 0.2) is 41.9 Å². The van der Waals surface area contributed by atoms with E-state index in [4.69, 9.17) is 9.47 Å². The van der Waals surface area contributed by atoms with Crippen LogP contribution in [0.1, 0.15) is 5.69 Å². The summed E-state index contributed by atoms with van der Waals surface area (Å²) in [6.07, 6.45) is 4.78. The topological polar surface area (TPSA) is 83.3 Å². The molecule has 1 aromatic heterocycles. The summed E-state index contributed by atoms with van der Waals surface area (Å²) in [7, 11) is 0. The molecule has 2 aromatic rings. The van der Waals surface area contributed by atoms with Gasteiger partial charge in [-0.1, -0.05) is 5.16 Å². The number of hydrogen-bond acceptors (Lipinski definition) is 7. The summed E-state index contributed by atoms with van der Waals surface area (Å²) in [6.45, 7) is 3.34. The van der Waals surface area contributed by atoms with Crippen molar-refractivity contribution in [3.05, 3.63) is 42.5 Å². The summed E-state index contributed by atoms with van der Waals surface area (Å²) in [5, 5.41) is 12.8. The molecule has 0 saturated carbocycles. The highest BCUT2D eigenvalue weighted by atomic mass is 16.7. The first-order valence-electron chi connectivity index (χ1n) is 7.73.